The Morgan fingerprint density at radius 3 is 1.23 bits per heavy atom. The number of rotatable bonds is 4. The number of benzene rings is 4. The van der Waals surface area contributed by atoms with Crippen LogP contribution in [-0.4, -0.2) is 0 Å². The van der Waals surface area contributed by atoms with Gasteiger partial charge in [-0.25, -0.2) is 0 Å². The molecule has 0 bridgehead atoms. The van der Waals surface area contributed by atoms with Crippen LogP contribution in [0.25, 0.3) is 33.4 Å². The van der Waals surface area contributed by atoms with Gasteiger partial charge in [-0.15, -0.1) is 0 Å². The van der Waals surface area contributed by atoms with Gasteiger partial charge in [-0.2, -0.15) is 0 Å². The van der Waals surface area contributed by atoms with Crippen molar-refractivity contribution >= 4 is 0 Å². The first-order valence-electron chi connectivity index (χ1n) is 9.20. The van der Waals surface area contributed by atoms with Crippen molar-refractivity contribution in [2.24, 2.45) is 0 Å². The summed E-state index contributed by atoms with van der Waals surface area (Å²) in [6.07, 6.45) is 1.00. The van der Waals surface area contributed by atoms with Crippen molar-refractivity contribution in [3.05, 3.63) is 109 Å². The Labute approximate surface area is 155 Å². The van der Waals surface area contributed by atoms with Crippen LogP contribution in [0.3, 0.4) is 0 Å². The molecule has 0 heterocycles. The van der Waals surface area contributed by atoms with Gasteiger partial charge >= 0.3 is 0 Å². The summed E-state index contributed by atoms with van der Waals surface area (Å²) < 4.78 is 0. The molecule has 0 saturated carbocycles. The molecular weight excluding hydrogens is 312 g/mol. The maximum absolute atomic E-state index is 2.34. The Bertz CT molecular complexity index is 923. The second-order valence-corrected chi connectivity index (χ2v) is 6.50. The predicted octanol–water partition coefficient (Wildman–Crippen LogP) is 7.25. The summed E-state index contributed by atoms with van der Waals surface area (Å²) in [7, 11) is 0. The molecule has 0 radical (unpaired) electrons. The minimum absolute atomic E-state index is 1.00. The first kappa shape index (κ1) is 16.4. The summed E-state index contributed by atoms with van der Waals surface area (Å²) in [4.78, 5) is 0. The third-order valence-corrected chi connectivity index (χ3v) is 4.88. The molecule has 0 heteroatoms. The summed E-state index contributed by atoms with van der Waals surface area (Å²) in [6.45, 7) is 2.25. The van der Waals surface area contributed by atoms with Crippen LogP contribution >= 0.6 is 0 Å². The maximum Gasteiger partial charge on any atom is -0.0140 e. The fraction of sp³-hybridized carbons (Fsp3) is 0.0769. The molecule has 126 valence electrons. The van der Waals surface area contributed by atoms with Crippen LogP contribution < -0.4 is 0 Å². The highest BCUT2D eigenvalue weighted by Crippen LogP contribution is 2.37. The lowest BCUT2D eigenvalue weighted by Crippen LogP contribution is -1.95. The topological polar surface area (TPSA) is 0 Å². The van der Waals surface area contributed by atoms with Crippen molar-refractivity contribution in [1.29, 1.82) is 0 Å². The molecule has 4 rings (SSSR count). The molecule has 0 unspecified atom stereocenters. The van der Waals surface area contributed by atoms with Crippen molar-refractivity contribution in [1.82, 2.24) is 0 Å². The van der Waals surface area contributed by atoms with E-state index in [9.17, 15) is 0 Å². The fourth-order valence-corrected chi connectivity index (χ4v) is 3.60. The Balaban J connectivity index is 2.01. The average Bonchev–Trinajstić information content (AvgIpc) is 2.74. The van der Waals surface area contributed by atoms with Crippen LogP contribution in [-0.2, 0) is 6.42 Å². The molecule has 0 N–H and O–H groups in total. The van der Waals surface area contributed by atoms with Crippen LogP contribution in [0, 0.1) is 0 Å². The monoisotopic (exact) mass is 334 g/mol. The van der Waals surface area contributed by atoms with E-state index in [0.717, 1.165) is 6.42 Å². The van der Waals surface area contributed by atoms with E-state index >= 15 is 0 Å². The minimum Gasteiger partial charge on any atom is -0.0622 e. The van der Waals surface area contributed by atoms with E-state index in [1.165, 1.54) is 38.9 Å². The van der Waals surface area contributed by atoms with Crippen molar-refractivity contribution in [3.8, 4) is 33.4 Å². The molecule has 0 amide bonds. The molecule has 0 fully saturated rings. The van der Waals surface area contributed by atoms with Gasteiger partial charge in [0.25, 0.3) is 0 Å². The van der Waals surface area contributed by atoms with Gasteiger partial charge in [-0.05, 0) is 57.5 Å². The zero-order chi connectivity index (χ0) is 17.8. The van der Waals surface area contributed by atoms with Gasteiger partial charge in [0.05, 0.1) is 0 Å². The van der Waals surface area contributed by atoms with Gasteiger partial charge in [0.1, 0.15) is 0 Å². The normalized spacial score (nSPS) is 10.7. The largest absolute Gasteiger partial charge is 0.0622 e. The van der Waals surface area contributed by atoms with Crippen molar-refractivity contribution in [3.63, 3.8) is 0 Å². The smallest absolute Gasteiger partial charge is 0.0140 e. The third kappa shape index (κ3) is 3.19. The van der Waals surface area contributed by atoms with E-state index < -0.39 is 0 Å². The van der Waals surface area contributed by atoms with E-state index in [1.807, 2.05) is 0 Å². The molecular formula is C26H22. The quantitative estimate of drug-likeness (QED) is 0.369. The van der Waals surface area contributed by atoms with E-state index in [1.54, 1.807) is 0 Å². The highest BCUT2D eigenvalue weighted by molar-refractivity contribution is 5.85. The molecule has 0 saturated heterocycles. The van der Waals surface area contributed by atoms with Gasteiger partial charge in [-0.3, -0.25) is 0 Å². The second kappa shape index (κ2) is 7.41. The van der Waals surface area contributed by atoms with Gasteiger partial charge in [0, 0.05) is 0 Å². The summed E-state index contributed by atoms with van der Waals surface area (Å²) in [5.74, 6) is 0. The minimum atomic E-state index is 1.00. The zero-order valence-corrected chi connectivity index (χ0v) is 15.0. The molecule has 26 heavy (non-hydrogen) atoms. The van der Waals surface area contributed by atoms with Crippen molar-refractivity contribution < 1.29 is 0 Å². The van der Waals surface area contributed by atoms with Gasteiger partial charge in [0.15, 0.2) is 0 Å². The first-order chi connectivity index (χ1) is 12.9. The lowest BCUT2D eigenvalue weighted by Gasteiger charge is -2.17. The summed E-state index contributed by atoms with van der Waals surface area (Å²) in [5.41, 5.74) is 9.13. The van der Waals surface area contributed by atoms with E-state index in [-0.39, 0.29) is 0 Å². The van der Waals surface area contributed by atoms with E-state index in [2.05, 4.69) is 110 Å². The number of hydrogen-bond donors (Lipinski definition) is 0. The van der Waals surface area contributed by atoms with Crippen LogP contribution in [0.15, 0.2) is 103 Å². The van der Waals surface area contributed by atoms with Crippen molar-refractivity contribution in [2.45, 2.75) is 13.3 Å². The lowest BCUT2D eigenvalue weighted by molar-refractivity contribution is 1.14. The van der Waals surface area contributed by atoms with Gasteiger partial charge < -0.3 is 0 Å². The first-order valence-corrected chi connectivity index (χ1v) is 9.20. The Kier molecular flexibility index (Phi) is 4.66. The fourth-order valence-electron chi connectivity index (χ4n) is 3.60. The second-order valence-electron chi connectivity index (χ2n) is 6.50. The summed E-state index contributed by atoms with van der Waals surface area (Å²) >= 11 is 0. The molecule has 4 aromatic carbocycles. The Morgan fingerprint density at radius 1 is 0.462 bits per heavy atom. The lowest BCUT2D eigenvalue weighted by atomic mass is 9.87. The predicted molar refractivity (Wildman–Crippen MR) is 112 cm³/mol. The highest BCUT2D eigenvalue weighted by Gasteiger charge is 2.13. The van der Waals surface area contributed by atoms with Crippen molar-refractivity contribution in [2.75, 3.05) is 0 Å². The summed E-state index contributed by atoms with van der Waals surface area (Å²) in [5, 5.41) is 0. The van der Waals surface area contributed by atoms with Gasteiger partial charge in [-0.1, -0.05) is 97.9 Å². The maximum atomic E-state index is 2.34. The van der Waals surface area contributed by atoms with Gasteiger partial charge in [0.2, 0.25) is 0 Å². The van der Waals surface area contributed by atoms with E-state index in [0.29, 0.717) is 0 Å². The molecule has 0 aliphatic heterocycles. The SMILES string of the molecule is CCc1c(-c2ccccc2)cc(-c2ccccc2)cc1-c1ccccc1. The molecule has 0 spiro atoms. The molecule has 0 atom stereocenters. The molecule has 0 aliphatic rings. The zero-order valence-electron chi connectivity index (χ0n) is 15.0. The Morgan fingerprint density at radius 2 is 0.846 bits per heavy atom. The molecule has 0 nitrogen and oxygen atoms in total. The molecule has 0 aromatic heterocycles. The molecule has 0 aliphatic carbocycles. The Hall–Kier alpha value is -3.12. The third-order valence-electron chi connectivity index (χ3n) is 4.88. The average molecular weight is 334 g/mol. The standard InChI is InChI=1S/C26H22/c1-2-24-25(21-14-8-4-9-15-21)18-23(20-12-6-3-7-13-20)19-26(24)22-16-10-5-11-17-22/h3-19H,2H2,1H3. The molecule has 4 aromatic rings. The summed E-state index contributed by atoms with van der Waals surface area (Å²) in [6, 6.07) is 36.8. The van der Waals surface area contributed by atoms with E-state index in [4.69, 9.17) is 0 Å². The highest BCUT2D eigenvalue weighted by atomic mass is 14.2. The number of hydrogen-bond acceptors (Lipinski definition) is 0. The van der Waals surface area contributed by atoms with Crippen LogP contribution in [0.4, 0.5) is 0 Å². The van der Waals surface area contributed by atoms with Crippen LogP contribution in [0.2, 0.25) is 0 Å². The van der Waals surface area contributed by atoms with Crippen LogP contribution in [0.5, 0.6) is 0 Å². The van der Waals surface area contributed by atoms with Crippen LogP contribution in [0.1, 0.15) is 12.5 Å².